The minimum Gasteiger partial charge on any atom is -0.378 e. The lowest BCUT2D eigenvalue weighted by atomic mass is 10.7. The van der Waals surface area contributed by atoms with Gasteiger partial charge in [-0.3, -0.25) is 10.2 Å². The minimum atomic E-state index is 0.600. The van der Waals surface area contributed by atoms with Crippen molar-refractivity contribution in [3.63, 3.8) is 0 Å². The first-order chi connectivity index (χ1) is 10.7. The summed E-state index contributed by atoms with van der Waals surface area (Å²) in [5.74, 6) is 1.71. The zero-order chi connectivity index (χ0) is 15.6. The van der Waals surface area contributed by atoms with Crippen molar-refractivity contribution in [3.8, 4) is 0 Å². The summed E-state index contributed by atoms with van der Waals surface area (Å²) in [6.45, 7) is 2.54. The van der Waals surface area contributed by atoms with Crippen LogP contribution in [0.2, 0.25) is 0 Å². The molecule has 0 spiro atoms. The van der Waals surface area contributed by atoms with E-state index < -0.39 is 0 Å². The number of nitrogens with zero attached hydrogens (tertiary/aromatic N) is 2. The van der Waals surface area contributed by atoms with Gasteiger partial charge in [-0.15, -0.1) is 0 Å². The van der Waals surface area contributed by atoms with E-state index >= 15 is 0 Å². The number of rotatable bonds is 11. The van der Waals surface area contributed by atoms with Gasteiger partial charge >= 0.3 is 0 Å². The zero-order valence-electron chi connectivity index (χ0n) is 11.4. The molecule has 0 radical (unpaired) electrons. The van der Waals surface area contributed by atoms with Crippen LogP contribution in [0, 0.1) is 7.91 Å². The molecule has 12 heteroatoms. The van der Waals surface area contributed by atoms with Gasteiger partial charge in [0.2, 0.25) is 0 Å². The van der Waals surface area contributed by atoms with E-state index in [2.05, 4.69) is 20.4 Å². The van der Waals surface area contributed by atoms with E-state index in [0.717, 1.165) is 20.2 Å². The molecule has 0 fully saturated rings. The lowest BCUT2D eigenvalue weighted by Gasteiger charge is -2.04. The third-order valence-electron chi connectivity index (χ3n) is 2.12. The Morgan fingerprint density at radius 1 is 0.818 bits per heavy atom. The third kappa shape index (κ3) is 7.64. The molecule has 2 rings (SSSR count). The second kappa shape index (κ2) is 10.9. The quantitative estimate of drug-likeness (QED) is 0.328. The fourth-order valence-electron chi connectivity index (χ4n) is 1.25. The number of thioether (sulfide) groups is 2. The van der Waals surface area contributed by atoms with Gasteiger partial charge in [-0.2, -0.15) is 10.2 Å². The maximum atomic E-state index is 5.49. The standard InChI is InChI=1S/C10H14N4O2S6/c17-7-11-13-9(21-7)19-5-3-15-1-2-16-4-6-20-10-14-12-8(18)22-10/h1-6H2,(H,11,17)(H,12,18). The highest BCUT2D eigenvalue weighted by Crippen LogP contribution is 2.20. The van der Waals surface area contributed by atoms with Gasteiger partial charge in [0.1, 0.15) is 0 Å². The molecule has 0 amide bonds. The van der Waals surface area contributed by atoms with Crippen molar-refractivity contribution in [1.29, 1.82) is 0 Å². The molecule has 0 unspecified atom stereocenters. The summed E-state index contributed by atoms with van der Waals surface area (Å²) in [7, 11) is 0. The number of H-pyrrole nitrogens is 2. The number of aromatic nitrogens is 4. The summed E-state index contributed by atoms with van der Waals surface area (Å²) >= 11 is 16.2. The van der Waals surface area contributed by atoms with E-state index in [4.69, 9.17) is 33.9 Å². The van der Waals surface area contributed by atoms with E-state index in [1.165, 1.54) is 22.7 Å². The number of nitrogens with one attached hydrogen (secondary N) is 2. The van der Waals surface area contributed by atoms with Gasteiger partial charge in [-0.05, 0) is 24.4 Å². The van der Waals surface area contributed by atoms with Crippen LogP contribution in [0.5, 0.6) is 0 Å². The summed E-state index contributed by atoms with van der Waals surface area (Å²) in [6, 6.07) is 0. The number of aromatic amines is 2. The summed E-state index contributed by atoms with van der Waals surface area (Å²) in [4.78, 5) is 0. The SMILES string of the molecule is S=c1[nH]nc(SCCOCCOCCSc2n[nH]c(=S)s2)s1. The molecule has 0 saturated carbocycles. The molecule has 6 nitrogen and oxygen atoms in total. The fourth-order valence-corrected chi connectivity index (χ4v) is 5.26. The summed E-state index contributed by atoms with van der Waals surface area (Å²) in [6.07, 6.45) is 0. The highest BCUT2D eigenvalue weighted by Gasteiger charge is 2.00. The van der Waals surface area contributed by atoms with Crippen LogP contribution in [0.3, 0.4) is 0 Å². The molecule has 2 heterocycles. The summed E-state index contributed by atoms with van der Waals surface area (Å²) < 4.78 is 14.3. The van der Waals surface area contributed by atoms with Crippen LogP contribution in [0.4, 0.5) is 0 Å². The summed E-state index contributed by atoms with van der Waals surface area (Å²) in [5, 5.41) is 13.6. The third-order valence-corrected chi connectivity index (χ3v) is 6.51. The molecule has 2 aromatic rings. The molecule has 0 aliphatic heterocycles. The molecule has 0 aliphatic carbocycles. The monoisotopic (exact) mass is 414 g/mol. The Morgan fingerprint density at radius 3 is 1.64 bits per heavy atom. The fraction of sp³-hybridized carbons (Fsp3) is 0.600. The molecule has 0 saturated heterocycles. The lowest BCUT2D eigenvalue weighted by molar-refractivity contribution is 0.0605. The van der Waals surface area contributed by atoms with Crippen molar-refractivity contribution in [2.45, 2.75) is 8.68 Å². The van der Waals surface area contributed by atoms with Crippen LogP contribution in [-0.4, -0.2) is 58.3 Å². The zero-order valence-corrected chi connectivity index (χ0v) is 16.3. The molecule has 22 heavy (non-hydrogen) atoms. The van der Waals surface area contributed by atoms with Gasteiger partial charge in [0.15, 0.2) is 16.6 Å². The normalized spacial score (nSPS) is 11.1. The van der Waals surface area contributed by atoms with Gasteiger partial charge < -0.3 is 9.47 Å². The van der Waals surface area contributed by atoms with Crippen LogP contribution >= 0.6 is 70.6 Å². The Morgan fingerprint density at radius 2 is 1.27 bits per heavy atom. The molecule has 2 N–H and O–H groups in total. The average Bonchev–Trinajstić information content (AvgIpc) is 3.09. The van der Waals surface area contributed by atoms with Crippen LogP contribution in [0.1, 0.15) is 0 Å². The Kier molecular flexibility index (Phi) is 9.14. The molecule has 2 aromatic heterocycles. The van der Waals surface area contributed by atoms with E-state index in [1.54, 1.807) is 23.5 Å². The number of hydrogen-bond acceptors (Lipinski definition) is 10. The Bertz CT molecular complexity index is 594. The maximum Gasteiger partial charge on any atom is 0.177 e. The molecule has 122 valence electrons. The second-order valence-corrected chi connectivity index (χ2v) is 9.70. The predicted molar refractivity (Wildman–Crippen MR) is 97.7 cm³/mol. The van der Waals surface area contributed by atoms with Gasteiger partial charge in [-0.1, -0.05) is 46.2 Å². The van der Waals surface area contributed by atoms with E-state index in [-0.39, 0.29) is 0 Å². The van der Waals surface area contributed by atoms with Gasteiger partial charge in [0.25, 0.3) is 0 Å². The summed E-state index contributed by atoms with van der Waals surface area (Å²) in [5.41, 5.74) is 0. The largest absolute Gasteiger partial charge is 0.378 e. The Labute approximate surface area is 154 Å². The van der Waals surface area contributed by atoms with Crippen molar-refractivity contribution in [2.75, 3.05) is 37.9 Å². The second-order valence-electron chi connectivity index (χ2n) is 3.68. The Hall–Kier alpha value is 0.180. The van der Waals surface area contributed by atoms with E-state index in [0.29, 0.717) is 34.3 Å². The highest BCUT2D eigenvalue weighted by atomic mass is 32.2. The Balaban J connectivity index is 1.38. The molecule has 0 aliphatic rings. The van der Waals surface area contributed by atoms with Crippen LogP contribution in [0.15, 0.2) is 8.68 Å². The highest BCUT2D eigenvalue weighted by molar-refractivity contribution is 8.01. The number of hydrogen-bond donors (Lipinski definition) is 2. The smallest absolute Gasteiger partial charge is 0.177 e. The first-order valence-corrected chi connectivity index (χ1v) is 10.7. The van der Waals surface area contributed by atoms with Gasteiger partial charge in [0, 0.05) is 11.5 Å². The minimum absolute atomic E-state index is 0.600. The van der Waals surface area contributed by atoms with Crippen molar-refractivity contribution < 1.29 is 9.47 Å². The first kappa shape index (κ1) is 18.5. The molecule has 0 atom stereocenters. The topological polar surface area (TPSA) is 75.8 Å². The lowest BCUT2D eigenvalue weighted by Crippen LogP contribution is -2.08. The predicted octanol–water partition coefficient (Wildman–Crippen LogP) is 3.63. The molecule has 0 aromatic carbocycles. The van der Waals surface area contributed by atoms with Crippen molar-refractivity contribution in [2.24, 2.45) is 0 Å². The van der Waals surface area contributed by atoms with Crippen LogP contribution in [0.25, 0.3) is 0 Å². The average molecular weight is 415 g/mol. The van der Waals surface area contributed by atoms with E-state index in [9.17, 15) is 0 Å². The van der Waals surface area contributed by atoms with Crippen molar-refractivity contribution in [3.05, 3.63) is 7.91 Å². The van der Waals surface area contributed by atoms with Gasteiger partial charge in [-0.25, -0.2) is 0 Å². The molecular weight excluding hydrogens is 401 g/mol. The maximum absolute atomic E-state index is 5.49. The van der Waals surface area contributed by atoms with Gasteiger partial charge in [0.05, 0.1) is 26.4 Å². The molecular formula is C10H14N4O2S6. The first-order valence-electron chi connectivity index (χ1n) is 6.26. The molecule has 0 bridgehead atoms. The van der Waals surface area contributed by atoms with Crippen LogP contribution < -0.4 is 0 Å². The number of ether oxygens (including phenoxy) is 2. The van der Waals surface area contributed by atoms with Crippen LogP contribution in [-0.2, 0) is 9.47 Å². The van der Waals surface area contributed by atoms with E-state index in [1.807, 2.05) is 0 Å². The van der Waals surface area contributed by atoms with Crippen molar-refractivity contribution >= 4 is 70.6 Å². The van der Waals surface area contributed by atoms with Crippen molar-refractivity contribution in [1.82, 2.24) is 20.4 Å².